The van der Waals surface area contributed by atoms with Gasteiger partial charge in [0.25, 0.3) is 0 Å². The molecule has 0 aromatic carbocycles. The molecule has 0 aromatic heterocycles. The summed E-state index contributed by atoms with van der Waals surface area (Å²) in [4.78, 5) is 0. The lowest BCUT2D eigenvalue weighted by atomic mass is 10.4. The second-order valence-corrected chi connectivity index (χ2v) is 3.23. The molecule has 0 saturated carbocycles. The molecule has 0 aliphatic rings. The highest BCUT2D eigenvalue weighted by Crippen LogP contribution is 2.04. The van der Waals surface area contributed by atoms with Crippen molar-refractivity contribution in [3.8, 4) is 6.07 Å². The van der Waals surface area contributed by atoms with Gasteiger partial charge in [0.05, 0.1) is 5.76 Å². The van der Waals surface area contributed by atoms with E-state index < -0.39 is 0 Å². The Morgan fingerprint density at radius 1 is 1.55 bits per heavy atom. The zero-order valence-corrected chi connectivity index (χ0v) is 8.18. The molecule has 0 fully saturated rings. The van der Waals surface area contributed by atoms with Crippen LogP contribution in [0.15, 0.2) is 22.4 Å². The van der Waals surface area contributed by atoms with E-state index in [2.05, 4.69) is 15.9 Å². The Hall–Kier alpha value is -0.750. The third-order valence-electron chi connectivity index (χ3n) is 0.912. The monoisotopic (exact) mass is 215 g/mol. The SMILES string of the molecule is C/C(Br)=C\C=C(/C)OCC#N. The minimum atomic E-state index is 0.109. The van der Waals surface area contributed by atoms with Gasteiger partial charge in [-0.3, -0.25) is 0 Å². The maximum Gasteiger partial charge on any atom is 0.174 e. The molecule has 0 radical (unpaired) electrons. The molecule has 0 saturated heterocycles. The minimum absolute atomic E-state index is 0.109. The van der Waals surface area contributed by atoms with Crippen LogP contribution in [0, 0.1) is 11.3 Å². The Balaban J connectivity index is 3.83. The van der Waals surface area contributed by atoms with Gasteiger partial charge in [0.15, 0.2) is 6.61 Å². The maximum absolute atomic E-state index is 8.17. The van der Waals surface area contributed by atoms with E-state index >= 15 is 0 Å². The molecule has 0 spiro atoms. The van der Waals surface area contributed by atoms with E-state index in [1.54, 1.807) is 6.08 Å². The number of halogens is 1. The Morgan fingerprint density at radius 2 is 2.18 bits per heavy atom. The van der Waals surface area contributed by atoms with Crippen molar-refractivity contribution in [2.45, 2.75) is 13.8 Å². The number of allylic oxidation sites excluding steroid dienone is 4. The van der Waals surface area contributed by atoms with Crippen LogP contribution in [0.1, 0.15) is 13.8 Å². The van der Waals surface area contributed by atoms with Crippen LogP contribution < -0.4 is 0 Å². The summed E-state index contributed by atoms with van der Waals surface area (Å²) in [5.41, 5.74) is 0. The third kappa shape index (κ3) is 7.14. The highest BCUT2D eigenvalue weighted by Gasteiger charge is 1.85. The molecule has 0 N–H and O–H groups in total. The van der Waals surface area contributed by atoms with E-state index in [9.17, 15) is 0 Å². The highest BCUT2D eigenvalue weighted by atomic mass is 79.9. The molecule has 0 atom stereocenters. The smallest absolute Gasteiger partial charge is 0.174 e. The lowest BCUT2D eigenvalue weighted by Crippen LogP contribution is -1.86. The average Bonchev–Trinajstić information content (AvgIpc) is 1.97. The third-order valence-corrected chi connectivity index (χ3v) is 1.18. The summed E-state index contributed by atoms with van der Waals surface area (Å²) in [7, 11) is 0. The van der Waals surface area contributed by atoms with Gasteiger partial charge >= 0.3 is 0 Å². The maximum atomic E-state index is 8.17. The van der Waals surface area contributed by atoms with Crippen molar-refractivity contribution in [1.82, 2.24) is 0 Å². The molecule has 0 aliphatic heterocycles. The lowest BCUT2D eigenvalue weighted by Gasteiger charge is -1.97. The Kier molecular flexibility index (Phi) is 5.58. The first-order valence-corrected chi connectivity index (χ1v) is 3.96. The van der Waals surface area contributed by atoms with Gasteiger partial charge in [-0.2, -0.15) is 5.26 Å². The Morgan fingerprint density at radius 3 is 2.64 bits per heavy atom. The zero-order chi connectivity index (χ0) is 8.69. The van der Waals surface area contributed by atoms with E-state index in [1.807, 2.05) is 26.0 Å². The van der Waals surface area contributed by atoms with Gasteiger partial charge in [-0.15, -0.1) is 0 Å². The van der Waals surface area contributed by atoms with Crippen LogP contribution in [-0.4, -0.2) is 6.61 Å². The van der Waals surface area contributed by atoms with E-state index in [-0.39, 0.29) is 6.61 Å². The van der Waals surface area contributed by atoms with Crippen LogP contribution in [0.2, 0.25) is 0 Å². The standard InChI is InChI=1S/C8H10BrNO/c1-7(9)3-4-8(2)11-6-5-10/h3-4H,6H2,1-2H3/b7-3+,8-4+. The van der Waals surface area contributed by atoms with Crippen molar-refractivity contribution in [2.24, 2.45) is 0 Å². The van der Waals surface area contributed by atoms with Gasteiger partial charge in [-0.25, -0.2) is 0 Å². The van der Waals surface area contributed by atoms with Crippen LogP contribution in [0.4, 0.5) is 0 Å². The molecule has 0 aromatic rings. The molecule has 2 nitrogen and oxygen atoms in total. The summed E-state index contributed by atoms with van der Waals surface area (Å²) in [6.07, 6.45) is 3.67. The number of hydrogen-bond acceptors (Lipinski definition) is 2. The average molecular weight is 216 g/mol. The first-order valence-electron chi connectivity index (χ1n) is 3.17. The molecular weight excluding hydrogens is 206 g/mol. The van der Waals surface area contributed by atoms with Crippen molar-refractivity contribution in [2.75, 3.05) is 6.61 Å². The first-order chi connectivity index (χ1) is 5.16. The van der Waals surface area contributed by atoms with Gasteiger partial charge in [-0.05, 0) is 30.5 Å². The topological polar surface area (TPSA) is 33.0 Å². The van der Waals surface area contributed by atoms with Crippen LogP contribution in [0.25, 0.3) is 0 Å². The quantitative estimate of drug-likeness (QED) is 0.536. The second-order valence-electron chi connectivity index (χ2n) is 1.98. The number of nitrogens with zero attached hydrogens (tertiary/aromatic N) is 1. The summed E-state index contributed by atoms with van der Waals surface area (Å²) in [5.74, 6) is 0.741. The molecule has 0 bridgehead atoms. The van der Waals surface area contributed by atoms with E-state index in [4.69, 9.17) is 10.00 Å². The van der Waals surface area contributed by atoms with Gasteiger partial charge in [0.1, 0.15) is 6.07 Å². The van der Waals surface area contributed by atoms with Crippen LogP contribution >= 0.6 is 15.9 Å². The van der Waals surface area contributed by atoms with Crippen molar-refractivity contribution >= 4 is 15.9 Å². The fourth-order valence-corrected chi connectivity index (χ4v) is 0.559. The second kappa shape index (κ2) is 5.99. The predicted octanol–water partition coefficient (Wildman–Crippen LogP) is 2.73. The van der Waals surface area contributed by atoms with Crippen molar-refractivity contribution in [3.63, 3.8) is 0 Å². The molecule has 3 heteroatoms. The van der Waals surface area contributed by atoms with Crippen LogP contribution in [-0.2, 0) is 4.74 Å². The number of hydrogen-bond donors (Lipinski definition) is 0. The van der Waals surface area contributed by atoms with Crippen molar-refractivity contribution < 1.29 is 4.74 Å². The van der Waals surface area contributed by atoms with Gasteiger partial charge in [0, 0.05) is 0 Å². The molecule has 0 heterocycles. The van der Waals surface area contributed by atoms with E-state index in [1.165, 1.54) is 0 Å². The minimum Gasteiger partial charge on any atom is -0.483 e. The van der Waals surface area contributed by atoms with Crippen LogP contribution in [0.3, 0.4) is 0 Å². The number of ether oxygens (including phenoxy) is 1. The largest absolute Gasteiger partial charge is 0.483 e. The van der Waals surface area contributed by atoms with Gasteiger partial charge in [0.2, 0.25) is 0 Å². The van der Waals surface area contributed by atoms with E-state index in [0.717, 1.165) is 10.2 Å². The fraction of sp³-hybridized carbons (Fsp3) is 0.375. The Bertz CT molecular complexity index is 209. The zero-order valence-electron chi connectivity index (χ0n) is 6.60. The molecule has 0 unspecified atom stereocenters. The van der Waals surface area contributed by atoms with Crippen molar-refractivity contribution in [1.29, 1.82) is 5.26 Å². The Labute approximate surface area is 75.3 Å². The molecule has 11 heavy (non-hydrogen) atoms. The van der Waals surface area contributed by atoms with Gasteiger partial charge < -0.3 is 4.74 Å². The van der Waals surface area contributed by atoms with Gasteiger partial charge in [-0.1, -0.05) is 15.9 Å². The number of nitriles is 1. The molecular formula is C8H10BrNO. The van der Waals surface area contributed by atoms with E-state index in [0.29, 0.717) is 0 Å². The molecule has 60 valence electrons. The summed E-state index contributed by atoms with van der Waals surface area (Å²) < 4.78 is 6.00. The van der Waals surface area contributed by atoms with Crippen molar-refractivity contribution in [3.05, 3.63) is 22.4 Å². The summed E-state index contributed by atoms with van der Waals surface area (Å²) >= 11 is 3.27. The normalized spacial score (nSPS) is 12.5. The summed E-state index contributed by atoms with van der Waals surface area (Å²) in [6.45, 7) is 3.84. The first kappa shape index (κ1) is 10.2. The summed E-state index contributed by atoms with van der Waals surface area (Å²) in [5, 5.41) is 8.17. The van der Waals surface area contributed by atoms with Crippen LogP contribution in [0.5, 0.6) is 0 Å². The predicted molar refractivity (Wildman–Crippen MR) is 48.0 cm³/mol. The molecule has 0 amide bonds. The highest BCUT2D eigenvalue weighted by molar-refractivity contribution is 9.11. The fourth-order valence-electron chi connectivity index (χ4n) is 0.426. The summed E-state index contributed by atoms with van der Waals surface area (Å²) in [6, 6.07) is 1.89. The molecule has 0 aliphatic carbocycles. The lowest BCUT2D eigenvalue weighted by molar-refractivity contribution is 0.254. The molecule has 0 rings (SSSR count). The number of rotatable bonds is 3.